The van der Waals surface area contributed by atoms with Gasteiger partial charge in [0.25, 0.3) is 0 Å². The highest BCUT2D eigenvalue weighted by Gasteiger charge is 2.31. The molecule has 6 heteroatoms. The monoisotopic (exact) mass is 244 g/mol. The number of rotatable bonds is 4. The van der Waals surface area contributed by atoms with Crippen molar-refractivity contribution in [3.05, 3.63) is 0 Å². The lowest BCUT2D eigenvalue weighted by atomic mass is 10.1. The molecule has 0 aliphatic carbocycles. The minimum absolute atomic E-state index is 0.109. The molecule has 2 amide bonds. The summed E-state index contributed by atoms with van der Waals surface area (Å²) in [5.74, 6) is -0.321. The summed E-state index contributed by atoms with van der Waals surface area (Å²) in [6, 6.07) is -0.546. The second-order valence-corrected chi connectivity index (χ2v) is 4.18. The van der Waals surface area contributed by atoms with Gasteiger partial charge < -0.3 is 20.1 Å². The lowest BCUT2D eigenvalue weighted by Gasteiger charge is -2.34. The second kappa shape index (κ2) is 6.56. The van der Waals surface area contributed by atoms with E-state index in [9.17, 15) is 9.59 Å². The number of ether oxygens (including phenoxy) is 1. The molecule has 1 fully saturated rings. The first-order valence-corrected chi connectivity index (χ1v) is 5.83. The Bertz CT molecular complexity index is 281. The summed E-state index contributed by atoms with van der Waals surface area (Å²) in [7, 11) is 1.54. The van der Waals surface area contributed by atoms with Crippen LogP contribution in [-0.2, 0) is 14.3 Å². The van der Waals surface area contributed by atoms with Crippen LogP contribution in [0, 0.1) is 0 Å². The Morgan fingerprint density at radius 3 is 2.88 bits per heavy atom. The first-order chi connectivity index (χ1) is 8.06. The number of hydrogen-bond acceptors (Lipinski definition) is 4. The average molecular weight is 244 g/mol. The summed E-state index contributed by atoms with van der Waals surface area (Å²) in [4.78, 5) is 25.0. The Hall–Kier alpha value is -1.14. The number of nitrogens with one attached hydrogen (secondary N) is 1. The lowest BCUT2D eigenvalue weighted by Crippen LogP contribution is -2.55. The first-order valence-electron chi connectivity index (χ1n) is 5.83. The van der Waals surface area contributed by atoms with Crippen LogP contribution >= 0.6 is 0 Å². The number of morpholine rings is 1. The second-order valence-electron chi connectivity index (χ2n) is 4.18. The van der Waals surface area contributed by atoms with E-state index in [1.54, 1.807) is 6.92 Å². The third-order valence-corrected chi connectivity index (χ3v) is 2.77. The van der Waals surface area contributed by atoms with Gasteiger partial charge in [-0.2, -0.15) is 0 Å². The maximum Gasteiger partial charge on any atom is 0.244 e. The van der Waals surface area contributed by atoms with E-state index in [-0.39, 0.29) is 24.8 Å². The van der Waals surface area contributed by atoms with Crippen LogP contribution in [0.4, 0.5) is 0 Å². The van der Waals surface area contributed by atoms with E-state index >= 15 is 0 Å². The van der Waals surface area contributed by atoms with Gasteiger partial charge in [0.2, 0.25) is 11.8 Å². The maximum absolute atomic E-state index is 11.9. The van der Waals surface area contributed by atoms with Crippen LogP contribution in [0.25, 0.3) is 0 Å². The molecular weight excluding hydrogens is 224 g/mol. The Kier molecular flexibility index (Phi) is 5.37. The van der Waals surface area contributed by atoms with E-state index < -0.39 is 12.1 Å². The van der Waals surface area contributed by atoms with E-state index in [0.717, 1.165) is 0 Å². The lowest BCUT2D eigenvalue weighted by molar-refractivity contribution is -0.148. The molecule has 1 aliphatic rings. The van der Waals surface area contributed by atoms with Gasteiger partial charge in [0, 0.05) is 20.0 Å². The van der Waals surface area contributed by atoms with Crippen molar-refractivity contribution in [3.63, 3.8) is 0 Å². The minimum atomic E-state index is -0.546. The van der Waals surface area contributed by atoms with Crippen molar-refractivity contribution in [1.82, 2.24) is 10.2 Å². The number of amides is 2. The fraction of sp³-hybridized carbons (Fsp3) is 0.818. The molecule has 1 aliphatic heterocycles. The molecule has 2 N–H and O–H groups in total. The van der Waals surface area contributed by atoms with Crippen molar-refractivity contribution < 1.29 is 19.4 Å². The zero-order valence-electron chi connectivity index (χ0n) is 10.3. The van der Waals surface area contributed by atoms with Gasteiger partial charge in [-0.1, -0.05) is 0 Å². The van der Waals surface area contributed by atoms with E-state index in [1.165, 1.54) is 11.9 Å². The molecule has 0 aromatic heterocycles. The molecule has 0 aromatic carbocycles. The highest BCUT2D eigenvalue weighted by Crippen LogP contribution is 2.11. The highest BCUT2D eigenvalue weighted by molar-refractivity contribution is 5.87. The average Bonchev–Trinajstić information content (AvgIpc) is 2.34. The van der Waals surface area contributed by atoms with Crippen molar-refractivity contribution in [2.24, 2.45) is 0 Å². The van der Waals surface area contributed by atoms with Crippen molar-refractivity contribution >= 4 is 11.8 Å². The van der Waals surface area contributed by atoms with Gasteiger partial charge in [0.15, 0.2) is 0 Å². The third kappa shape index (κ3) is 3.98. The van der Waals surface area contributed by atoms with Crippen LogP contribution in [0.2, 0.25) is 0 Å². The van der Waals surface area contributed by atoms with Crippen LogP contribution in [-0.4, -0.2) is 60.8 Å². The minimum Gasteiger partial charge on any atom is -0.393 e. The van der Waals surface area contributed by atoms with Crippen molar-refractivity contribution in [1.29, 1.82) is 0 Å². The molecule has 0 spiro atoms. The van der Waals surface area contributed by atoms with Crippen LogP contribution in [0.15, 0.2) is 0 Å². The Morgan fingerprint density at radius 1 is 1.59 bits per heavy atom. The van der Waals surface area contributed by atoms with Crippen LogP contribution in [0.1, 0.15) is 19.8 Å². The van der Waals surface area contributed by atoms with Gasteiger partial charge >= 0.3 is 0 Å². The van der Waals surface area contributed by atoms with Crippen molar-refractivity contribution in [3.8, 4) is 0 Å². The van der Waals surface area contributed by atoms with Crippen molar-refractivity contribution in [2.75, 3.05) is 26.8 Å². The fourth-order valence-corrected chi connectivity index (χ4v) is 1.76. The Morgan fingerprint density at radius 2 is 2.29 bits per heavy atom. The summed E-state index contributed by atoms with van der Waals surface area (Å²) in [5, 5.41) is 11.7. The molecule has 0 radical (unpaired) electrons. The first kappa shape index (κ1) is 13.9. The molecule has 0 bridgehead atoms. The molecule has 1 heterocycles. The number of carbonyl (C=O) groups excluding carboxylic acids is 2. The van der Waals surface area contributed by atoms with Gasteiger partial charge in [-0.25, -0.2) is 0 Å². The highest BCUT2D eigenvalue weighted by atomic mass is 16.5. The third-order valence-electron chi connectivity index (χ3n) is 2.77. The maximum atomic E-state index is 11.9. The Balaban J connectivity index is 2.58. The van der Waals surface area contributed by atoms with Gasteiger partial charge in [0.1, 0.15) is 6.04 Å². The molecular formula is C11H20N2O4. The summed E-state index contributed by atoms with van der Waals surface area (Å²) in [6.07, 6.45) is 0.167. The predicted octanol–water partition coefficient (Wildman–Crippen LogP) is -0.879. The molecule has 0 aromatic rings. The number of hydrogen-bond donors (Lipinski definition) is 2. The number of carbonyl (C=O) groups is 2. The van der Waals surface area contributed by atoms with Gasteiger partial charge in [0.05, 0.1) is 19.3 Å². The van der Waals surface area contributed by atoms with Gasteiger partial charge in [-0.15, -0.1) is 0 Å². The predicted molar refractivity (Wildman–Crippen MR) is 61.3 cm³/mol. The summed E-state index contributed by atoms with van der Waals surface area (Å²) in [6.45, 7) is 2.76. The van der Waals surface area contributed by atoms with Gasteiger partial charge in [-0.3, -0.25) is 9.59 Å². The zero-order chi connectivity index (χ0) is 12.8. The summed E-state index contributed by atoms with van der Waals surface area (Å²) >= 11 is 0. The number of likely N-dealkylation sites (N-methyl/N-ethyl adjacent to an activating group) is 1. The summed E-state index contributed by atoms with van der Waals surface area (Å²) < 4.78 is 5.21. The number of aliphatic hydroxyl groups is 1. The molecule has 1 saturated heterocycles. The quantitative estimate of drug-likeness (QED) is 0.673. The topological polar surface area (TPSA) is 78.9 Å². The smallest absolute Gasteiger partial charge is 0.244 e. The summed E-state index contributed by atoms with van der Waals surface area (Å²) in [5.41, 5.74) is 0. The standard InChI is InChI=1S/C11H20N2O4/c1-8(14)3-4-10(15)13-5-6-17-7-9(13)11(16)12-2/h8-9,14H,3-7H2,1-2H3,(H,12,16). The van der Waals surface area contributed by atoms with E-state index in [4.69, 9.17) is 9.84 Å². The van der Waals surface area contributed by atoms with Crippen molar-refractivity contribution in [2.45, 2.75) is 31.9 Å². The molecule has 0 saturated carbocycles. The van der Waals surface area contributed by atoms with Crippen LogP contribution in [0.5, 0.6) is 0 Å². The van der Waals surface area contributed by atoms with Gasteiger partial charge in [-0.05, 0) is 13.3 Å². The van der Waals surface area contributed by atoms with E-state index in [1.807, 2.05) is 0 Å². The fourth-order valence-electron chi connectivity index (χ4n) is 1.76. The molecule has 1 rings (SSSR count). The van der Waals surface area contributed by atoms with Crippen LogP contribution in [0.3, 0.4) is 0 Å². The Labute approximate surface area is 101 Å². The number of aliphatic hydroxyl groups excluding tert-OH is 1. The normalized spacial score (nSPS) is 22.1. The van der Waals surface area contributed by atoms with E-state index in [2.05, 4.69) is 5.32 Å². The molecule has 6 nitrogen and oxygen atoms in total. The number of nitrogens with zero attached hydrogens (tertiary/aromatic N) is 1. The molecule has 2 atom stereocenters. The SMILES string of the molecule is CNC(=O)C1COCCN1C(=O)CCC(C)O. The molecule has 17 heavy (non-hydrogen) atoms. The molecule has 2 unspecified atom stereocenters. The zero-order valence-corrected chi connectivity index (χ0v) is 10.3. The van der Waals surface area contributed by atoms with Crippen LogP contribution < -0.4 is 5.32 Å². The molecule has 98 valence electrons. The largest absolute Gasteiger partial charge is 0.393 e. The van der Waals surface area contributed by atoms with E-state index in [0.29, 0.717) is 19.6 Å².